The Morgan fingerprint density at radius 1 is 0.933 bits per heavy atom. The number of imide groups is 1. The van der Waals surface area contributed by atoms with E-state index >= 15 is 0 Å². The first kappa shape index (κ1) is 21.7. The number of amides is 2. The van der Waals surface area contributed by atoms with Crippen LogP contribution in [0.4, 0.5) is 5.69 Å². The molecule has 1 heterocycles. The van der Waals surface area contributed by atoms with Gasteiger partial charge in [-0.1, -0.05) is 38.1 Å². The second-order valence-corrected chi connectivity index (χ2v) is 8.50. The van der Waals surface area contributed by atoms with Gasteiger partial charge in [0.05, 0.1) is 29.0 Å². The van der Waals surface area contributed by atoms with Crippen LogP contribution in [0.2, 0.25) is 0 Å². The van der Waals surface area contributed by atoms with Gasteiger partial charge < -0.3 is 4.74 Å². The Morgan fingerprint density at radius 3 is 2.23 bits per heavy atom. The molecular formula is C22H24N2O5S. The van der Waals surface area contributed by atoms with Crippen molar-refractivity contribution in [2.75, 3.05) is 24.6 Å². The van der Waals surface area contributed by atoms with Crippen molar-refractivity contribution in [3.05, 3.63) is 65.9 Å². The molecule has 2 aromatic rings. The van der Waals surface area contributed by atoms with Crippen molar-refractivity contribution in [2.45, 2.75) is 25.7 Å². The molecule has 0 saturated carbocycles. The Morgan fingerprint density at radius 2 is 1.60 bits per heavy atom. The lowest BCUT2D eigenvalue weighted by atomic mass is 9.94. The molecule has 8 heteroatoms. The van der Waals surface area contributed by atoms with E-state index in [1.165, 1.54) is 28.8 Å². The van der Waals surface area contributed by atoms with E-state index in [9.17, 15) is 18.0 Å². The van der Waals surface area contributed by atoms with Crippen molar-refractivity contribution in [3.8, 4) is 0 Å². The number of benzene rings is 2. The molecule has 158 valence electrons. The lowest BCUT2D eigenvalue weighted by molar-refractivity contribution is -0.113. The van der Waals surface area contributed by atoms with Crippen LogP contribution in [0.5, 0.6) is 0 Å². The summed E-state index contributed by atoms with van der Waals surface area (Å²) in [5.41, 5.74) is 1.27. The van der Waals surface area contributed by atoms with E-state index in [1.807, 2.05) is 0 Å². The van der Waals surface area contributed by atoms with Crippen molar-refractivity contribution in [3.63, 3.8) is 0 Å². The average molecular weight is 429 g/mol. The molecule has 0 aliphatic carbocycles. The number of fused-ring (bicyclic) bond motifs is 1. The molecule has 0 fully saturated rings. The van der Waals surface area contributed by atoms with Gasteiger partial charge in [0.2, 0.25) is 10.0 Å². The third kappa shape index (κ3) is 3.76. The van der Waals surface area contributed by atoms with Gasteiger partial charge in [-0.2, -0.15) is 4.31 Å². The molecule has 0 spiro atoms. The zero-order valence-electron chi connectivity index (χ0n) is 17.2. The van der Waals surface area contributed by atoms with Crippen molar-refractivity contribution in [1.82, 2.24) is 4.31 Å². The number of anilines is 1. The van der Waals surface area contributed by atoms with Crippen LogP contribution in [0.15, 0.2) is 59.7 Å². The predicted molar refractivity (Wildman–Crippen MR) is 114 cm³/mol. The second-order valence-electron chi connectivity index (χ2n) is 6.56. The molecule has 1 aliphatic heterocycles. The van der Waals surface area contributed by atoms with E-state index in [2.05, 4.69) is 0 Å². The molecule has 0 N–H and O–H groups in total. The third-order valence-corrected chi connectivity index (χ3v) is 6.92. The van der Waals surface area contributed by atoms with Gasteiger partial charge in [-0.3, -0.25) is 9.59 Å². The van der Waals surface area contributed by atoms with Crippen molar-refractivity contribution in [2.24, 2.45) is 0 Å². The summed E-state index contributed by atoms with van der Waals surface area (Å²) in [4.78, 5) is 27.4. The van der Waals surface area contributed by atoms with Crippen LogP contribution >= 0.6 is 0 Å². The number of hydrogen-bond acceptors (Lipinski definition) is 5. The number of hydrogen-bond donors (Lipinski definition) is 0. The molecule has 0 radical (unpaired) electrons. The molecule has 0 atom stereocenters. The summed E-state index contributed by atoms with van der Waals surface area (Å²) < 4.78 is 32.5. The highest BCUT2D eigenvalue weighted by molar-refractivity contribution is 7.89. The van der Waals surface area contributed by atoms with Crippen LogP contribution in [-0.4, -0.2) is 44.2 Å². The minimum Gasteiger partial charge on any atom is -0.501 e. The van der Waals surface area contributed by atoms with Gasteiger partial charge >= 0.3 is 0 Å². The van der Waals surface area contributed by atoms with E-state index in [1.54, 1.807) is 51.1 Å². The maximum atomic E-state index is 13.2. The van der Waals surface area contributed by atoms with Gasteiger partial charge in [0.25, 0.3) is 11.8 Å². The fourth-order valence-corrected chi connectivity index (χ4v) is 4.86. The Balaban J connectivity index is 2.12. The summed E-state index contributed by atoms with van der Waals surface area (Å²) in [6.07, 6.45) is 1.34. The number of carbonyl (C=O) groups is 2. The summed E-state index contributed by atoms with van der Waals surface area (Å²) in [6.45, 7) is 6.30. The van der Waals surface area contributed by atoms with E-state index in [-0.39, 0.29) is 16.2 Å². The van der Waals surface area contributed by atoms with E-state index in [0.29, 0.717) is 30.8 Å². The molecule has 2 aromatic carbocycles. The largest absolute Gasteiger partial charge is 0.501 e. The molecule has 2 amide bonds. The number of carbonyl (C=O) groups excluding carboxylic acids is 2. The highest BCUT2D eigenvalue weighted by Gasteiger charge is 2.36. The first-order valence-electron chi connectivity index (χ1n) is 9.76. The first-order chi connectivity index (χ1) is 14.4. The fourth-order valence-electron chi connectivity index (χ4n) is 3.36. The van der Waals surface area contributed by atoms with Crippen molar-refractivity contribution in [1.29, 1.82) is 0 Å². The van der Waals surface area contributed by atoms with E-state index in [4.69, 9.17) is 4.74 Å². The lowest BCUT2D eigenvalue weighted by Crippen LogP contribution is -2.42. The molecule has 7 nitrogen and oxygen atoms in total. The standard InChI is InChI=1S/C22H24N2O5S/c1-4-23(5-2)30(27,28)17-11-9-10-16(14-17)24-21(25)19-13-8-7-12-18(19)20(22(24)26)15-29-6-3/h7-15H,4-6H2,1-3H3/b20-15+. The average Bonchev–Trinajstić information content (AvgIpc) is 2.75. The zero-order valence-corrected chi connectivity index (χ0v) is 18.0. The summed E-state index contributed by atoms with van der Waals surface area (Å²) >= 11 is 0. The van der Waals surface area contributed by atoms with Crippen LogP contribution < -0.4 is 4.90 Å². The van der Waals surface area contributed by atoms with Crippen molar-refractivity contribution >= 4 is 33.1 Å². The van der Waals surface area contributed by atoms with Gasteiger partial charge in [-0.15, -0.1) is 0 Å². The first-order valence-corrected chi connectivity index (χ1v) is 11.2. The number of rotatable bonds is 7. The van der Waals surface area contributed by atoms with Crippen LogP contribution in [0.3, 0.4) is 0 Å². The predicted octanol–water partition coefficient (Wildman–Crippen LogP) is 3.28. The summed E-state index contributed by atoms with van der Waals surface area (Å²) in [7, 11) is -3.74. The highest BCUT2D eigenvalue weighted by Crippen LogP contribution is 2.33. The molecule has 1 aliphatic rings. The summed E-state index contributed by atoms with van der Waals surface area (Å²) in [5, 5.41) is 0. The Bertz CT molecular complexity index is 1100. The van der Waals surface area contributed by atoms with Gasteiger partial charge in [0.1, 0.15) is 0 Å². The van der Waals surface area contributed by atoms with Gasteiger partial charge in [-0.05, 0) is 31.2 Å². The molecule has 0 bridgehead atoms. The smallest absolute Gasteiger partial charge is 0.269 e. The minimum absolute atomic E-state index is 0.0264. The number of nitrogens with zero attached hydrogens (tertiary/aromatic N) is 2. The molecule has 30 heavy (non-hydrogen) atoms. The normalized spacial score (nSPS) is 15.6. The Labute approximate surface area is 176 Å². The Kier molecular flexibility index (Phi) is 6.38. The lowest BCUT2D eigenvalue weighted by Gasteiger charge is -2.29. The maximum Gasteiger partial charge on any atom is 0.269 e. The van der Waals surface area contributed by atoms with E-state index < -0.39 is 21.8 Å². The third-order valence-electron chi connectivity index (χ3n) is 4.87. The quantitative estimate of drug-likeness (QED) is 0.384. The fraction of sp³-hybridized carbons (Fsp3) is 0.273. The molecule has 3 rings (SSSR count). The van der Waals surface area contributed by atoms with Crippen LogP contribution in [-0.2, 0) is 19.6 Å². The van der Waals surface area contributed by atoms with E-state index in [0.717, 1.165) is 4.90 Å². The Hall–Kier alpha value is -2.97. The van der Waals surface area contributed by atoms with Crippen LogP contribution in [0.25, 0.3) is 5.57 Å². The topological polar surface area (TPSA) is 84.0 Å². The molecule has 0 saturated heterocycles. The maximum absolute atomic E-state index is 13.2. The monoisotopic (exact) mass is 428 g/mol. The minimum atomic E-state index is -3.74. The second kappa shape index (κ2) is 8.81. The van der Waals surface area contributed by atoms with Gasteiger partial charge in [-0.25, -0.2) is 13.3 Å². The summed E-state index contributed by atoms with van der Waals surface area (Å²) in [5.74, 6) is -1.08. The summed E-state index contributed by atoms with van der Waals surface area (Å²) in [6, 6.07) is 12.7. The van der Waals surface area contributed by atoms with Crippen molar-refractivity contribution < 1.29 is 22.7 Å². The van der Waals surface area contributed by atoms with Crippen LogP contribution in [0, 0.1) is 0 Å². The SMILES string of the molecule is CCO/C=C1/C(=O)N(c2cccc(S(=O)(=O)N(CC)CC)c2)C(=O)c2ccccc21. The molecule has 0 aromatic heterocycles. The molecular weight excluding hydrogens is 404 g/mol. The molecule has 0 unspecified atom stereocenters. The highest BCUT2D eigenvalue weighted by atomic mass is 32.2. The van der Waals surface area contributed by atoms with Gasteiger partial charge in [0, 0.05) is 24.2 Å². The zero-order chi connectivity index (χ0) is 21.9. The van der Waals surface area contributed by atoms with Gasteiger partial charge in [0.15, 0.2) is 0 Å². The number of ether oxygens (including phenoxy) is 1. The van der Waals surface area contributed by atoms with Crippen LogP contribution in [0.1, 0.15) is 36.7 Å². The number of sulfonamides is 1.